The highest BCUT2D eigenvalue weighted by Crippen LogP contribution is 2.32. The van der Waals surface area contributed by atoms with Crippen LogP contribution in [0.15, 0.2) is 34.8 Å². The molecular weight excluding hydrogens is 426 g/mol. The van der Waals surface area contributed by atoms with Gasteiger partial charge in [0.2, 0.25) is 0 Å². The van der Waals surface area contributed by atoms with E-state index in [4.69, 9.17) is 0 Å². The van der Waals surface area contributed by atoms with Gasteiger partial charge in [0.05, 0.1) is 11.2 Å². The molecule has 0 amide bonds. The Morgan fingerprint density at radius 2 is 1.86 bits per heavy atom. The lowest BCUT2D eigenvalue weighted by atomic mass is 10.0. The molecule has 4 nitrogen and oxygen atoms in total. The maximum absolute atomic E-state index is 13.2. The van der Waals surface area contributed by atoms with E-state index in [1.807, 2.05) is 25.1 Å². The van der Waals surface area contributed by atoms with E-state index in [9.17, 15) is 8.78 Å². The van der Waals surface area contributed by atoms with E-state index < -0.39 is 6.43 Å². The SMILES string of the molecule is Cc1nc(NCc2cccc(C(F)F)c2C)c2cc(Br)c(NC(C)C)cc2n1. The zero-order chi connectivity index (χ0) is 20.4. The minimum Gasteiger partial charge on any atom is -0.382 e. The van der Waals surface area contributed by atoms with Crippen molar-refractivity contribution in [3.8, 4) is 0 Å². The molecule has 0 bridgehead atoms. The highest BCUT2D eigenvalue weighted by Gasteiger charge is 2.14. The Morgan fingerprint density at radius 3 is 2.54 bits per heavy atom. The first-order chi connectivity index (χ1) is 13.3. The first-order valence-corrected chi connectivity index (χ1v) is 9.90. The van der Waals surface area contributed by atoms with Crippen molar-refractivity contribution in [3.63, 3.8) is 0 Å². The summed E-state index contributed by atoms with van der Waals surface area (Å²) in [5.41, 5.74) is 3.27. The van der Waals surface area contributed by atoms with E-state index in [0.717, 1.165) is 26.6 Å². The van der Waals surface area contributed by atoms with Crippen LogP contribution in [0.25, 0.3) is 10.9 Å². The van der Waals surface area contributed by atoms with E-state index in [-0.39, 0.29) is 5.56 Å². The molecule has 0 aliphatic carbocycles. The second kappa shape index (κ2) is 8.39. The van der Waals surface area contributed by atoms with Crippen molar-refractivity contribution in [1.29, 1.82) is 0 Å². The molecule has 2 aromatic carbocycles. The molecule has 0 fully saturated rings. The molecule has 1 heterocycles. The van der Waals surface area contributed by atoms with Crippen molar-refractivity contribution in [2.24, 2.45) is 0 Å². The van der Waals surface area contributed by atoms with Gasteiger partial charge in [0, 0.05) is 28.0 Å². The highest BCUT2D eigenvalue weighted by molar-refractivity contribution is 9.10. The summed E-state index contributed by atoms with van der Waals surface area (Å²) in [7, 11) is 0. The number of nitrogens with one attached hydrogen (secondary N) is 2. The molecule has 0 saturated heterocycles. The Morgan fingerprint density at radius 1 is 1.11 bits per heavy atom. The number of fused-ring (bicyclic) bond motifs is 1. The molecule has 7 heteroatoms. The second-order valence-corrected chi connectivity index (χ2v) is 7.91. The summed E-state index contributed by atoms with van der Waals surface area (Å²) in [6, 6.07) is 9.24. The van der Waals surface area contributed by atoms with Crippen LogP contribution in [0.5, 0.6) is 0 Å². The van der Waals surface area contributed by atoms with E-state index in [0.29, 0.717) is 29.8 Å². The number of rotatable bonds is 6. The van der Waals surface area contributed by atoms with Crippen molar-refractivity contribution in [2.45, 2.75) is 46.7 Å². The van der Waals surface area contributed by atoms with Gasteiger partial charge in [-0.1, -0.05) is 18.2 Å². The number of hydrogen-bond donors (Lipinski definition) is 2. The van der Waals surface area contributed by atoms with Gasteiger partial charge in [-0.05, 0) is 66.9 Å². The molecule has 0 aliphatic rings. The summed E-state index contributed by atoms with van der Waals surface area (Å²) in [5, 5.41) is 7.56. The average molecular weight is 449 g/mol. The normalized spacial score (nSPS) is 11.5. The summed E-state index contributed by atoms with van der Waals surface area (Å²) < 4.78 is 27.2. The van der Waals surface area contributed by atoms with Gasteiger partial charge in [-0.15, -0.1) is 0 Å². The van der Waals surface area contributed by atoms with E-state index in [2.05, 4.69) is 50.4 Å². The zero-order valence-corrected chi connectivity index (χ0v) is 17.9. The molecule has 2 N–H and O–H groups in total. The molecule has 0 aliphatic heterocycles. The van der Waals surface area contributed by atoms with Gasteiger partial charge in [0.15, 0.2) is 0 Å². The van der Waals surface area contributed by atoms with Gasteiger partial charge in [-0.2, -0.15) is 0 Å². The van der Waals surface area contributed by atoms with Crippen molar-refractivity contribution in [3.05, 3.63) is 57.3 Å². The van der Waals surface area contributed by atoms with Gasteiger partial charge >= 0.3 is 0 Å². The Kier molecular flexibility index (Phi) is 6.13. The summed E-state index contributed by atoms with van der Waals surface area (Å²) >= 11 is 3.60. The first-order valence-electron chi connectivity index (χ1n) is 9.11. The Bertz CT molecular complexity index is 1010. The number of anilines is 2. The van der Waals surface area contributed by atoms with Crippen LogP contribution in [0.1, 0.15) is 42.8 Å². The summed E-state index contributed by atoms with van der Waals surface area (Å²) in [5.74, 6) is 1.33. The smallest absolute Gasteiger partial charge is 0.264 e. The number of alkyl halides is 2. The van der Waals surface area contributed by atoms with Crippen LogP contribution in [-0.2, 0) is 6.54 Å². The number of nitrogens with zero attached hydrogens (tertiary/aromatic N) is 2. The predicted octanol–water partition coefficient (Wildman–Crippen LogP) is 6.38. The molecule has 0 saturated carbocycles. The fourth-order valence-electron chi connectivity index (χ4n) is 3.13. The largest absolute Gasteiger partial charge is 0.382 e. The fraction of sp³-hybridized carbons (Fsp3) is 0.333. The average Bonchev–Trinajstić information content (AvgIpc) is 2.61. The standard InChI is InChI=1S/C21H23BrF2N4/c1-11(2)26-19-9-18-16(8-17(19)22)21(28-13(4)27-18)25-10-14-6-5-7-15(12(14)3)20(23)24/h5-9,11,20,26H,10H2,1-4H3,(H,25,27,28). The van der Waals surface area contributed by atoms with Gasteiger partial charge in [-0.25, -0.2) is 18.7 Å². The molecule has 1 aromatic heterocycles. The monoisotopic (exact) mass is 448 g/mol. The van der Waals surface area contributed by atoms with Crippen molar-refractivity contribution < 1.29 is 8.78 Å². The molecule has 0 unspecified atom stereocenters. The van der Waals surface area contributed by atoms with Crippen LogP contribution in [0.4, 0.5) is 20.3 Å². The highest BCUT2D eigenvalue weighted by atomic mass is 79.9. The maximum atomic E-state index is 13.2. The number of benzene rings is 2. The molecule has 3 rings (SSSR count). The van der Waals surface area contributed by atoms with Crippen molar-refractivity contribution in [1.82, 2.24) is 9.97 Å². The second-order valence-electron chi connectivity index (χ2n) is 7.05. The van der Waals surface area contributed by atoms with Crippen molar-refractivity contribution >= 4 is 38.3 Å². The lowest BCUT2D eigenvalue weighted by molar-refractivity contribution is 0.150. The Labute approximate surface area is 171 Å². The topological polar surface area (TPSA) is 49.8 Å². The summed E-state index contributed by atoms with van der Waals surface area (Å²) in [6.07, 6.45) is -2.48. The molecule has 0 atom stereocenters. The van der Waals surface area contributed by atoms with E-state index in [1.165, 1.54) is 6.07 Å². The third-order valence-electron chi connectivity index (χ3n) is 4.51. The number of halogens is 3. The fourth-order valence-corrected chi connectivity index (χ4v) is 3.59. The van der Waals surface area contributed by atoms with Gasteiger partial charge in [-0.3, -0.25) is 0 Å². The van der Waals surface area contributed by atoms with Crippen LogP contribution >= 0.6 is 15.9 Å². The molecule has 0 radical (unpaired) electrons. The quantitative estimate of drug-likeness (QED) is 0.459. The molecule has 3 aromatic rings. The summed E-state index contributed by atoms with van der Waals surface area (Å²) in [4.78, 5) is 9.07. The number of hydrogen-bond acceptors (Lipinski definition) is 4. The molecule has 28 heavy (non-hydrogen) atoms. The number of aromatic nitrogens is 2. The van der Waals surface area contributed by atoms with Gasteiger partial charge < -0.3 is 10.6 Å². The van der Waals surface area contributed by atoms with Gasteiger partial charge in [0.1, 0.15) is 11.6 Å². The van der Waals surface area contributed by atoms with Crippen LogP contribution < -0.4 is 10.6 Å². The number of aryl methyl sites for hydroxylation is 1. The minimum absolute atomic E-state index is 0.0650. The third-order valence-corrected chi connectivity index (χ3v) is 5.17. The summed E-state index contributed by atoms with van der Waals surface area (Å²) in [6.45, 7) is 8.12. The van der Waals surface area contributed by atoms with Crippen LogP contribution in [0.3, 0.4) is 0 Å². The van der Waals surface area contributed by atoms with Crippen molar-refractivity contribution in [2.75, 3.05) is 10.6 Å². The van der Waals surface area contributed by atoms with E-state index >= 15 is 0 Å². The predicted molar refractivity (Wildman–Crippen MR) is 114 cm³/mol. The third kappa shape index (κ3) is 4.41. The first kappa shape index (κ1) is 20.5. The Balaban J connectivity index is 1.95. The minimum atomic E-state index is -2.48. The molecule has 0 spiro atoms. The van der Waals surface area contributed by atoms with Crippen LogP contribution in [-0.4, -0.2) is 16.0 Å². The van der Waals surface area contributed by atoms with Crippen LogP contribution in [0, 0.1) is 13.8 Å². The lowest BCUT2D eigenvalue weighted by Crippen LogP contribution is -2.10. The van der Waals surface area contributed by atoms with Gasteiger partial charge in [0.25, 0.3) is 6.43 Å². The molecular formula is C21H23BrF2N4. The zero-order valence-electron chi connectivity index (χ0n) is 16.3. The maximum Gasteiger partial charge on any atom is 0.264 e. The molecule has 148 valence electrons. The van der Waals surface area contributed by atoms with E-state index in [1.54, 1.807) is 13.0 Å². The lowest BCUT2D eigenvalue weighted by Gasteiger charge is -2.16. The Hall–Kier alpha value is -2.28. The van der Waals surface area contributed by atoms with Crippen LogP contribution in [0.2, 0.25) is 0 Å².